The molecule has 6 heteroatoms. The first-order valence-corrected chi connectivity index (χ1v) is 8.21. The summed E-state index contributed by atoms with van der Waals surface area (Å²) < 4.78 is 1.61. The largest absolute Gasteiger partial charge is 0.393 e. The zero-order chi connectivity index (χ0) is 13.7. The highest BCUT2D eigenvalue weighted by molar-refractivity contribution is 7.99. The number of nitrogens with zero attached hydrogens (tertiary/aromatic N) is 3. The van der Waals surface area contributed by atoms with Crippen molar-refractivity contribution in [3.05, 3.63) is 5.82 Å². The number of aromatic nitrogens is 3. The number of aryl methyl sites for hydroxylation is 1. The van der Waals surface area contributed by atoms with Gasteiger partial charge in [-0.05, 0) is 25.2 Å². The molecule has 5 nitrogen and oxygen atoms in total. The number of aliphatic hydroxyl groups is 1. The molecule has 0 radical (unpaired) electrons. The summed E-state index contributed by atoms with van der Waals surface area (Å²) in [4.78, 5) is 0. The van der Waals surface area contributed by atoms with Gasteiger partial charge in [-0.2, -0.15) is 0 Å². The standard InChI is InChI=1S/C13H24N4OS/c1-2-3-8-12-15-16-13(17(12)14)19-9-10-6-4-5-7-11(10)18/h10-11,18H,2-9,14H2,1H3/t10-,11-/m1/s1. The number of thioether (sulfide) groups is 1. The van der Waals surface area contributed by atoms with E-state index >= 15 is 0 Å². The van der Waals surface area contributed by atoms with E-state index < -0.39 is 0 Å². The van der Waals surface area contributed by atoms with Gasteiger partial charge in [0.1, 0.15) is 0 Å². The summed E-state index contributed by atoms with van der Waals surface area (Å²) in [6.07, 6.45) is 7.35. The minimum Gasteiger partial charge on any atom is -0.393 e. The quantitative estimate of drug-likeness (QED) is 0.617. The van der Waals surface area contributed by atoms with Gasteiger partial charge in [0.15, 0.2) is 5.82 Å². The highest BCUT2D eigenvalue weighted by atomic mass is 32.2. The molecule has 19 heavy (non-hydrogen) atoms. The van der Waals surface area contributed by atoms with E-state index in [4.69, 9.17) is 5.84 Å². The summed E-state index contributed by atoms with van der Waals surface area (Å²) in [7, 11) is 0. The van der Waals surface area contributed by atoms with Crippen molar-refractivity contribution >= 4 is 11.8 Å². The van der Waals surface area contributed by atoms with Crippen LogP contribution in [-0.2, 0) is 6.42 Å². The van der Waals surface area contributed by atoms with Crippen molar-refractivity contribution < 1.29 is 5.11 Å². The highest BCUT2D eigenvalue weighted by Gasteiger charge is 2.24. The Hall–Kier alpha value is -0.750. The first-order valence-electron chi connectivity index (χ1n) is 7.22. The van der Waals surface area contributed by atoms with Gasteiger partial charge in [0.05, 0.1) is 6.10 Å². The summed E-state index contributed by atoms with van der Waals surface area (Å²) in [6, 6.07) is 0. The Labute approximate surface area is 118 Å². The molecule has 0 unspecified atom stereocenters. The molecule has 1 saturated carbocycles. The molecule has 108 valence electrons. The number of hydrogen-bond acceptors (Lipinski definition) is 5. The normalized spacial score (nSPS) is 23.7. The fourth-order valence-corrected chi connectivity index (χ4v) is 3.57. The number of aliphatic hydroxyl groups excluding tert-OH is 1. The number of nitrogen functional groups attached to an aromatic ring is 1. The van der Waals surface area contributed by atoms with Gasteiger partial charge in [-0.25, -0.2) is 4.68 Å². The molecule has 0 bridgehead atoms. The SMILES string of the molecule is CCCCc1nnc(SC[C@H]2CCCC[C@H]2O)n1N. The molecule has 2 rings (SSSR count). The predicted octanol–water partition coefficient (Wildman–Crippen LogP) is 1.98. The van der Waals surface area contributed by atoms with Gasteiger partial charge >= 0.3 is 0 Å². The maximum atomic E-state index is 9.95. The molecule has 3 N–H and O–H groups in total. The van der Waals surface area contributed by atoms with Crippen LogP contribution in [0.4, 0.5) is 0 Å². The van der Waals surface area contributed by atoms with Gasteiger partial charge in [-0.3, -0.25) is 0 Å². The van der Waals surface area contributed by atoms with Crippen molar-refractivity contribution in [1.82, 2.24) is 14.9 Å². The number of nitrogens with two attached hydrogens (primary N) is 1. The van der Waals surface area contributed by atoms with Crippen molar-refractivity contribution in [2.75, 3.05) is 11.6 Å². The van der Waals surface area contributed by atoms with Crippen molar-refractivity contribution in [1.29, 1.82) is 0 Å². The Morgan fingerprint density at radius 1 is 1.37 bits per heavy atom. The van der Waals surface area contributed by atoms with Crippen LogP contribution in [0.25, 0.3) is 0 Å². The predicted molar refractivity (Wildman–Crippen MR) is 77.5 cm³/mol. The number of hydrogen-bond donors (Lipinski definition) is 2. The lowest BCUT2D eigenvalue weighted by molar-refractivity contribution is 0.0816. The van der Waals surface area contributed by atoms with E-state index in [0.717, 1.165) is 55.3 Å². The monoisotopic (exact) mass is 284 g/mol. The maximum absolute atomic E-state index is 9.95. The zero-order valence-corrected chi connectivity index (χ0v) is 12.4. The molecule has 1 fully saturated rings. The van der Waals surface area contributed by atoms with Crippen molar-refractivity contribution in [3.63, 3.8) is 0 Å². The molecule has 1 aromatic rings. The molecule has 0 aromatic carbocycles. The molecule has 1 aliphatic rings. The second kappa shape index (κ2) is 7.14. The number of rotatable bonds is 6. The van der Waals surface area contributed by atoms with Crippen molar-refractivity contribution in [2.24, 2.45) is 5.92 Å². The fraction of sp³-hybridized carbons (Fsp3) is 0.846. The Morgan fingerprint density at radius 3 is 2.89 bits per heavy atom. The van der Waals surface area contributed by atoms with Crippen LogP contribution < -0.4 is 5.84 Å². The topological polar surface area (TPSA) is 77.0 Å². The summed E-state index contributed by atoms with van der Waals surface area (Å²) in [5.41, 5.74) is 0. The third-order valence-corrected chi connectivity index (χ3v) is 4.92. The van der Waals surface area contributed by atoms with Gasteiger partial charge in [0.2, 0.25) is 5.16 Å². The molecule has 1 heterocycles. The van der Waals surface area contributed by atoms with Crippen LogP contribution in [0, 0.1) is 5.92 Å². The van der Waals surface area contributed by atoms with E-state index in [1.165, 1.54) is 6.42 Å². The zero-order valence-electron chi connectivity index (χ0n) is 11.6. The molecule has 0 spiro atoms. The van der Waals surface area contributed by atoms with Crippen molar-refractivity contribution in [3.8, 4) is 0 Å². The lowest BCUT2D eigenvalue weighted by Crippen LogP contribution is -2.26. The smallest absolute Gasteiger partial charge is 0.209 e. The molecule has 1 aliphatic carbocycles. The molecular weight excluding hydrogens is 260 g/mol. The van der Waals surface area contributed by atoms with Crippen LogP contribution in [0.1, 0.15) is 51.3 Å². The average Bonchev–Trinajstić information content (AvgIpc) is 2.76. The molecule has 0 aliphatic heterocycles. The summed E-state index contributed by atoms with van der Waals surface area (Å²) in [5.74, 6) is 8.11. The van der Waals surface area contributed by atoms with Crippen LogP contribution in [-0.4, -0.2) is 31.8 Å². The van der Waals surface area contributed by atoms with Crippen LogP contribution in [0.5, 0.6) is 0 Å². The van der Waals surface area contributed by atoms with E-state index in [0.29, 0.717) is 5.92 Å². The molecular formula is C13H24N4OS. The Bertz CT molecular complexity index is 396. The van der Waals surface area contributed by atoms with Crippen LogP contribution >= 0.6 is 11.8 Å². The van der Waals surface area contributed by atoms with E-state index in [9.17, 15) is 5.11 Å². The summed E-state index contributed by atoms with van der Waals surface area (Å²) in [6.45, 7) is 2.15. The molecule has 1 aromatic heterocycles. The third-order valence-electron chi connectivity index (χ3n) is 3.78. The van der Waals surface area contributed by atoms with Gasteiger partial charge in [-0.1, -0.05) is 37.9 Å². The highest BCUT2D eigenvalue weighted by Crippen LogP contribution is 2.29. The van der Waals surface area contributed by atoms with Crippen LogP contribution in [0.15, 0.2) is 5.16 Å². The van der Waals surface area contributed by atoms with E-state index in [1.54, 1.807) is 16.4 Å². The molecule has 0 saturated heterocycles. The second-order valence-corrected chi connectivity index (χ2v) is 6.28. The Kier molecular flexibility index (Phi) is 5.51. The van der Waals surface area contributed by atoms with Gasteiger partial charge in [0.25, 0.3) is 0 Å². The van der Waals surface area contributed by atoms with Gasteiger partial charge < -0.3 is 10.9 Å². The fourth-order valence-electron chi connectivity index (χ4n) is 2.48. The number of unbranched alkanes of at least 4 members (excludes halogenated alkanes) is 1. The van der Waals surface area contributed by atoms with E-state index in [2.05, 4.69) is 17.1 Å². The minimum atomic E-state index is -0.157. The van der Waals surface area contributed by atoms with E-state index in [1.807, 2.05) is 0 Å². The maximum Gasteiger partial charge on any atom is 0.209 e. The van der Waals surface area contributed by atoms with Crippen LogP contribution in [0.2, 0.25) is 0 Å². The van der Waals surface area contributed by atoms with E-state index in [-0.39, 0.29) is 6.10 Å². The van der Waals surface area contributed by atoms with Gasteiger partial charge in [0, 0.05) is 12.2 Å². The lowest BCUT2D eigenvalue weighted by atomic mass is 9.88. The third kappa shape index (κ3) is 3.86. The van der Waals surface area contributed by atoms with Gasteiger partial charge in [-0.15, -0.1) is 10.2 Å². The van der Waals surface area contributed by atoms with Crippen LogP contribution in [0.3, 0.4) is 0 Å². The minimum absolute atomic E-state index is 0.157. The Balaban J connectivity index is 1.87. The summed E-state index contributed by atoms with van der Waals surface area (Å²) in [5, 5.41) is 19.0. The summed E-state index contributed by atoms with van der Waals surface area (Å²) >= 11 is 1.62. The second-order valence-electron chi connectivity index (χ2n) is 5.30. The average molecular weight is 284 g/mol. The Morgan fingerprint density at radius 2 is 2.16 bits per heavy atom. The first-order chi connectivity index (χ1) is 9.22. The first kappa shape index (κ1) is 14.7. The molecule has 0 amide bonds. The lowest BCUT2D eigenvalue weighted by Gasteiger charge is -2.26. The molecule has 2 atom stereocenters. The van der Waals surface area contributed by atoms with Crippen molar-refractivity contribution in [2.45, 2.75) is 63.1 Å².